The molecule has 5 nitrogen and oxygen atoms in total. The normalized spacial score (nSPS) is 12.5. The zero-order valence-electron chi connectivity index (χ0n) is 11.8. The van der Waals surface area contributed by atoms with Crippen LogP contribution in [-0.2, 0) is 9.53 Å². The van der Waals surface area contributed by atoms with Crippen molar-refractivity contribution in [2.45, 2.75) is 50.6 Å². The molecular formula is C13H20N2O3S. The monoisotopic (exact) mass is 284 g/mol. The first-order valence-corrected chi connectivity index (χ1v) is 7.30. The summed E-state index contributed by atoms with van der Waals surface area (Å²) in [6.07, 6.45) is 2.34. The predicted octanol–water partition coefficient (Wildman–Crippen LogP) is 2.26. The van der Waals surface area contributed by atoms with Crippen LogP contribution >= 0.6 is 11.8 Å². The largest absolute Gasteiger partial charge is 0.465 e. The van der Waals surface area contributed by atoms with Gasteiger partial charge in [-0.15, -0.1) is 0 Å². The summed E-state index contributed by atoms with van der Waals surface area (Å²) < 4.78 is 6.91. The van der Waals surface area contributed by atoms with Crippen LogP contribution in [0.15, 0.2) is 22.2 Å². The van der Waals surface area contributed by atoms with E-state index in [-0.39, 0.29) is 22.8 Å². The standard InChI is InChI=1S/C13H20N2O3S/c1-5-10(12(17)18-6-2)19-13-14-11(16)7-8-15(13)9(3)4/h7-10H,5-6H2,1-4H3/t10-/m1/s1. The van der Waals surface area contributed by atoms with Gasteiger partial charge in [0.2, 0.25) is 0 Å². The number of aromatic nitrogens is 2. The highest BCUT2D eigenvalue weighted by molar-refractivity contribution is 8.00. The lowest BCUT2D eigenvalue weighted by molar-refractivity contribution is -0.142. The molecular weight excluding hydrogens is 264 g/mol. The summed E-state index contributed by atoms with van der Waals surface area (Å²) in [4.78, 5) is 27.2. The Bertz CT molecular complexity index is 485. The van der Waals surface area contributed by atoms with Gasteiger partial charge in [-0.05, 0) is 27.2 Å². The van der Waals surface area contributed by atoms with Crippen molar-refractivity contribution in [2.75, 3.05) is 6.61 Å². The van der Waals surface area contributed by atoms with Crippen molar-refractivity contribution in [1.82, 2.24) is 9.55 Å². The third kappa shape index (κ3) is 4.38. The van der Waals surface area contributed by atoms with Gasteiger partial charge in [0, 0.05) is 18.3 Å². The van der Waals surface area contributed by atoms with E-state index in [1.54, 1.807) is 13.1 Å². The lowest BCUT2D eigenvalue weighted by Crippen LogP contribution is -2.22. The fourth-order valence-corrected chi connectivity index (χ4v) is 2.66. The fourth-order valence-electron chi connectivity index (χ4n) is 1.54. The zero-order valence-corrected chi connectivity index (χ0v) is 12.6. The van der Waals surface area contributed by atoms with Crippen LogP contribution in [0.1, 0.15) is 40.2 Å². The number of hydrogen-bond donors (Lipinski definition) is 0. The van der Waals surface area contributed by atoms with Gasteiger partial charge in [-0.25, -0.2) is 0 Å². The minimum Gasteiger partial charge on any atom is -0.465 e. The third-order valence-corrected chi connectivity index (χ3v) is 3.85. The molecule has 0 aromatic carbocycles. The van der Waals surface area contributed by atoms with E-state index in [1.165, 1.54) is 17.8 Å². The number of carbonyl (C=O) groups excluding carboxylic acids is 1. The topological polar surface area (TPSA) is 61.2 Å². The lowest BCUT2D eigenvalue weighted by atomic mass is 10.3. The molecule has 0 aliphatic heterocycles. The number of nitrogens with zero attached hydrogens (tertiary/aromatic N) is 2. The summed E-state index contributed by atoms with van der Waals surface area (Å²) in [5.74, 6) is -0.261. The minimum absolute atomic E-state index is 0.176. The van der Waals surface area contributed by atoms with E-state index in [0.29, 0.717) is 18.2 Å². The summed E-state index contributed by atoms with van der Waals surface area (Å²) in [7, 11) is 0. The van der Waals surface area contributed by atoms with Crippen LogP contribution in [-0.4, -0.2) is 27.4 Å². The van der Waals surface area contributed by atoms with Crippen molar-refractivity contribution >= 4 is 17.7 Å². The molecule has 106 valence electrons. The quantitative estimate of drug-likeness (QED) is 0.455. The molecule has 1 atom stereocenters. The van der Waals surface area contributed by atoms with Crippen LogP contribution in [0.3, 0.4) is 0 Å². The Hall–Kier alpha value is -1.30. The minimum atomic E-state index is -0.334. The molecule has 19 heavy (non-hydrogen) atoms. The van der Waals surface area contributed by atoms with E-state index in [2.05, 4.69) is 4.98 Å². The smallest absolute Gasteiger partial charge is 0.319 e. The highest BCUT2D eigenvalue weighted by Crippen LogP contribution is 2.25. The van der Waals surface area contributed by atoms with E-state index in [9.17, 15) is 9.59 Å². The van der Waals surface area contributed by atoms with Gasteiger partial charge in [0.25, 0.3) is 5.56 Å². The Kier molecular flexibility index (Phi) is 6.08. The van der Waals surface area contributed by atoms with Crippen molar-refractivity contribution in [3.63, 3.8) is 0 Å². The van der Waals surface area contributed by atoms with E-state index in [0.717, 1.165) is 0 Å². The van der Waals surface area contributed by atoms with Crippen LogP contribution in [0.5, 0.6) is 0 Å². The van der Waals surface area contributed by atoms with Crippen molar-refractivity contribution in [2.24, 2.45) is 0 Å². The molecule has 0 saturated heterocycles. The molecule has 1 aromatic heterocycles. The van der Waals surface area contributed by atoms with Crippen LogP contribution in [0.2, 0.25) is 0 Å². The zero-order chi connectivity index (χ0) is 14.4. The van der Waals surface area contributed by atoms with Gasteiger partial charge in [0.1, 0.15) is 5.25 Å². The SMILES string of the molecule is CCOC(=O)[C@@H](CC)Sc1nc(=O)ccn1C(C)C. The highest BCUT2D eigenvalue weighted by atomic mass is 32.2. The van der Waals surface area contributed by atoms with Gasteiger partial charge < -0.3 is 9.30 Å². The first kappa shape index (κ1) is 15.8. The molecule has 0 saturated carbocycles. The molecule has 0 radical (unpaired) electrons. The second kappa shape index (κ2) is 7.33. The molecule has 0 aliphatic carbocycles. The molecule has 0 amide bonds. The van der Waals surface area contributed by atoms with Crippen molar-refractivity contribution in [3.05, 3.63) is 22.6 Å². The van der Waals surface area contributed by atoms with Crippen molar-refractivity contribution < 1.29 is 9.53 Å². The van der Waals surface area contributed by atoms with E-state index in [4.69, 9.17) is 4.74 Å². The average Bonchev–Trinajstić information content (AvgIpc) is 2.35. The first-order valence-electron chi connectivity index (χ1n) is 6.42. The van der Waals surface area contributed by atoms with Gasteiger partial charge in [0.15, 0.2) is 5.16 Å². The molecule has 0 unspecified atom stereocenters. The Balaban J connectivity index is 2.99. The first-order chi connectivity index (χ1) is 8.99. The number of carbonyl (C=O) groups is 1. The van der Waals surface area contributed by atoms with Gasteiger partial charge >= 0.3 is 5.97 Å². The van der Waals surface area contributed by atoms with Gasteiger partial charge in [-0.3, -0.25) is 9.59 Å². The van der Waals surface area contributed by atoms with Gasteiger partial charge in [-0.1, -0.05) is 18.7 Å². The van der Waals surface area contributed by atoms with E-state index >= 15 is 0 Å². The maximum atomic E-state index is 11.8. The molecule has 6 heteroatoms. The van der Waals surface area contributed by atoms with Gasteiger partial charge in [-0.2, -0.15) is 4.98 Å². The number of thioether (sulfide) groups is 1. The number of ether oxygens (including phenoxy) is 1. The van der Waals surface area contributed by atoms with Crippen LogP contribution in [0, 0.1) is 0 Å². The third-order valence-electron chi connectivity index (χ3n) is 2.53. The second-order valence-electron chi connectivity index (χ2n) is 4.32. The second-order valence-corrected chi connectivity index (χ2v) is 5.49. The maximum absolute atomic E-state index is 11.8. The van der Waals surface area contributed by atoms with E-state index < -0.39 is 0 Å². The maximum Gasteiger partial charge on any atom is 0.319 e. The molecule has 1 rings (SSSR count). The van der Waals surface area contributed by atoms with Crippen LogP contribution in [0.25, 0.3) is 0 Å². The van der Waals surface area contributed by atoms with Gasteiger partial charge in [0.05, 0.1) is 6.61 Å². The molecule has 1 aromatic rings. The Morgan fingerprint density at radius 2 is 2.16 bits per heavy atom. The number of hydrogen-bond acceptors (Lipinski definition) is 5. The lowest BCUT2D eigenvalue weighted by Gasteiger charge is -2.18. The van der Waals surface area contributed by atoms with Crippen LogP contribution < -0.4 is 5.56 Å². The molecule has 0 aliphatic rings. The number of rotatable bonds is 6. The summed E-state index contributed by atoms with van der Waals surface area (Å²) in [5, 5.41) is 0.224. The van der Waals surface area contributed by atoms with E-state index in [1.807, 2.05) is 25.3 Å². The Morgan fingerprint density at radius 3 is 2.68 bits per heavy atom. The molecule has 0 spiro atoms. The predicted molar refractivity (Wildman–Crippen MR) is 75.5 cm³/mol. The summed E-state index contributed by atoms with van der Waals surface area (Å²) in [6, 6.07) is 1.60. The highest BCUT2D eigenvalue weighted by Gasteiger charge is 2.21. The Labute approximate surface area is 117 Å². The molecule has 0 fully saturated rings. The summed E-state index contributed by atoms with van der Waals surface area (Å²) in [6.45, 7) is 8.05. The molecule has 0 bridgehead atoms. The van der Waals surface area contributed by atoms with Crippen molar-refractivity contribution in [1.29, 1.82) is 0 Å². The number of esters is 1. The van der Waals surface area contributed by atoms with Crippen LogP contribution in [0.4, 0.5) is 0 Å². The average molecular weight is 284 g/mol. The fraction of sp³-hybridized carbons (Fsp3) is 0.615. The summed E-state index contributed by atoms with van der Waals surface area (Å²) in [5.41, 5.74) is -0.293. The molecule has 0 N–H and O–H groups in total. The molecule has 1 heterocycles. The van der Waals surface area contributed by atoms with Crippen molar-refractivity contribution in [3.8, 4) is 0 Å². The summed E-state index contributed by atoms with van der Waals surface area (Å²) >= 11 is 1.28. The Morgan fingerprint density at radius 1 is 1.47 bits per heavy atom.